The Kier molecular flexibility index (Phi) is 4.99. The number of primary amides is 1. The van der Waals surface area contributed by atoms with E-state index < -0.39 is 0 Å². The second kappa shape index (κ2) is 5.22. The van der Waals surface area contributed by atoms with E-state index in [-0.39, 0.29) is 17.4 Å². The normalized spacial score (nSPS) is 14.2. The summed E-state index contributed by atoms with van der Waals surface area (Å²) < 4.78 is 0. The number of carbonyl (C=O) groups excluding carboxylic acids is 1. The van der Waals surface area contributed by atoms with Gasteiger partial charge in [-0.05, 0) is 19.8 Å². The van der Waals surface area contributed by atoms with E-state index in [1.165, 1.54) is 0 Å². The van der Waals surface area contributed by atoms with Gasteiger partial charge >= 0.3 is 0 Å². The lowest BCUT2D eigenvalue weighted by atomic mass is 9.95. The van der Waals surface area contributed by atoms with Gasteiger partial charge in [0, 0.05) is 18.0 Å². The number of hydrogen-bond acceptors (Lipinski definition) is 2. The molecule has 0 heterocycles. The number of rotatable bonds is 6. The summed E-state index contributed by atoms with van der Waals surface area (Å²) in [7, 11) is 0. The molecule has 0 spiro atoms. The lowest BCUT2D eigenvalue weighted by molar-refractivity contribution is -0.121. The third-order valence-electron chi connectivity index (χ3n) is 2.88. The first kappa shape index (κ1) is 12.4. The molecule has 0 aromatic rings. The van der Waals surface area contributed by atoms with E-state index in [0.29, 0.717) is 6.54 Å². The van der Waals surface area contributed by atoms with Gasteiger partial charge in [-0.15, -0.1) is 0 Å². The molecule has 0 aliphatic carbocycles. The van der Waals surface area contributed by atoms with Gasteiger partial charge in [0.25, 0.3) is 0 Å². The van der Waals surface area contributed by atoms with Gasteiger partial charge in [0.05, 0.1) is 0 Å². The second-order valence-electron chi connectivity index (χ2n) is 3.95. The number of nitrogens with two attached hydrogens (primary N) is 1. The van der Waals surface area contributed by atoms with Crippen LogP contribution in [0.2, 0.25) is 0 Å². The van der Waals surface area contributed by atoms with Crippen LogP contribution >= 0.6 is 0 Å². The van der Waals surface area contributed by atoms with Gasteiger partial charge in [0.1, 0.15) is 0 Å². The first-order valence-corrected chi connectivity index (χ1v) is 4.99. The summed E-state index contributed by atoms with van der Waals surface area (Å²) in [6.45, 7) is 8.98. The van der Waals surface area contributed by atoms with Gasteiger partial charge in [-0.2, -0.15) is 0 Å². The Labute approximate surface area is 81.1 Å². The van der Waals surface area contributed by atoms with Crippen molar-refractivity contribution in [3.63, 3.8) is 0 Å². The quantitative estimate of drug-likeness (QED) is 0.656. The molecule has 0 saturated carbocycles. The smallest absolute Gasteiger partial charge is 0.221 e. The SMILES string of the molecule is CCC(C)(CC)NCC(C)C(N)=O. The van der Waals surface area contributed by atoms with Gasteiger partial charge in [-0.1, -0.05) is 20.8 Å². The first-order chi connectivity index (χ1) is 5.95. The van der Waals surface area contributed by atoms with E-state index in [4.69, 9.17) is 5.73 Å². The van der Waals surface area contributed by atoms with Crippen LogP contribution in [0.1, 0.15) is 40.5 Å². The Morgan fingerprint density at radius 3 is 2.23 bits per heavy atom. The molecular weight excluding hydrogens is 164 g/mol. The maximum absolute atomic E-state index is 10.8. The van der Waals surface area contributed by atoms with Crippen molar-refractivity contribution >= 4 is 5.91 Å². The fourth-order valence-corrected chi connectivity index (χ4v) is 1.00. The Balaban J connectivity index is 3.92. The summed E-state index contributed by atoms with van der Waals surface area (Å²) in [6, 6.07) is 0. The molecule has 3 heteroatoms. The van der Waals surface area contributed by atoms with Crippen molar-refractivity contribution in [3.8, 4) is 0 Å². The molecule has 0 aromatic carbocycles. The van der Waals surface area contributed by atoms with Crippen molar-refractivity contribution in [1.29, 1.82) is 0 Å². The van der Waals surface area contributed by atoms with Crippen molar-refractivity contribution < 1.29 is 4.79 Å². The van der Waals surface area contributed by atoms with Gasteiger partial charge in [-0.25, -0.2) is 0 Å². The maximum Gasteiger partial charge on any atom is 0.221 e. The predicted octanol–water partition coefficient (Wildman–Crippen LogP) is 1.28. The minimum Gasteiger partial charge on any atom is -0.369 e. The molecule has 3 N–H and O–H groups in total. The third-order valence-corrected chi connectivity index (χ3v) is 2.88. The standard InChI is InChI=1S/C10H22N2O/c1-5-10(4,6-2)12-7-8(3)9(11)13/h8,12H,5-7H2,1-4H3,(H2,11,13). The zero-order chi connectivity index (χ0) is 10.5. The van der Waals surface area contributed by atoms with Crippen LogP contribution in [-0.2, 0) is 4.79 Å². The average Bonchev–Trinajstić information content (AvgIpc) is 2.13. The topological polar surface area (TPSA) is 55.1 Å². The molecule has 0 aliphatic heterocycles. The number of amides is 1. The highest BCUT2D eigenvalue weighted by Crippen LogP contribution is 2.13. The molecule has 0 aromatic heterocycles. The minimum absolute atomic E-state index is 0.0857. The number of hydrogen-bond donors (Lipinski definition) is 2. The van der Waals surface area contributed by atoms with Gasteiger partial charge < -0.3 is 11.1 Å². The molecule has 1 unspecified atom stereocenters. The molecule has 0 fully saturated rings. The van der Waals surface area contributed by atoms with Gasteiger partial charge in [0.15, 0.2) is 0 Å². The van der Waals surface area contributed by atoms with Crippen LogP contribution in [0.4, 0.5) is 0 Å². The highest BCUT2D eigenvalue weighted by molar-refractivity contribution is 5.76. The lowest BCUT2D eigenvalue weighted by Gasteiger charge is -2.29. The van der Waals surface area contributed by atoms with Crippen LogP contribution in [-0.4, -0.2) is 18.0 Å². The van der Waals surface area contributed by atoms with Crippen LogP contribution in [0, 0.1) is 5.92 Å². The van der Waals surface area contributed by atoms with Crippen LogP contribution in [0.15, 0.2) is 0 Å². The Morgan fingerprint density at radius 2 is 1.92 bits per heavy atom. The zero-order valence-corrected chi connectivity index (χ0v) is 9.18. The van der Waals surface area contributed by atoms with Gasteiger partial charge in [-0.3, -0.25) is 4.79 Å². The lowest BCUT2D eigenvalue weighted by Crippen LogP contribution is -2.45. The molecular formula is C10H22N2O. The Hall–Kier alpha value is -0.570. The molecule has 0 aliphatic rings. The molecule has 13 heavy (non-hydrogen) atoms. The van der Waals surface area contributed by atoms with Crippen molar-refractivity contribution in [2.75, 3.05) is 6.54 Å². The van der Waals surface area contributed by atoms with Crippen molar-refractivity contribution in [2.45, 2.75) is 46.1 Å². The van der Waals surface area contributed by atoms with E-state index in [9.17, 15) is 4.79 Å². The van der Waals surface area contributed by atoms with E-state index >= 15 is 0 Å². The summed E-state index contributed by atoms with van der Waals surface area (Å²) >= 11 is 0. The summed E-state index contributed by atoms with van der Waals surface area (Å²) in [5, 5.41) is 3.38. The summed E-state index contributed by atoms with van der Waals surface area (Å²) in [6.07, 6.45) is 2.13. The fourth-order valence-electron chi connectivity index (χ4n) is 1.00. The van der Waals surface area contributed by atoms with Crippen LogP contribution in [0.25, 0.3) is 0 Å². The molecule has 0 bridgehead atoms. The molecule has 0 radical (unpaired) electrons. The molecule has 78 valence electrons. The Bertz CT molecular complexity index is 164. The summed E-state index contributed by atoms with van der Waals surface area (Å²) in [5.41, 5.74) is 5.31. The maximum atomic E-state index is 10.8. The monoisotopic (exact) mass is 186 g/mol. The fraction of sp³-hybridized carbons (Fsp3) is 0.900. The Morgan fingerprint density at radius 1 is 1.46 bits per heavy atom. The number of nitrogens with one attached hydrogen (secondary N) is 1. The molecule has 1 atom stereocenters. The zero-order valence-electron chi connectivity index (χ0n) is 9.18. The van der Waals surface area contributed by atoms with Crippen molar-refractivity contribution in [1.82, 2.24) is 5.32 Å². The molecule has 3 nitrogen and oxygen atoms in total. The molecule has 1 amide bonds. The van der Waals surface area contributed by atoms with E-state index in [2.05, 4.69) is 26.1 Å². The third kappa shape index (κ3) is 4.27. The van der Waals surface area contributed by atoms with Crippen LogP contribution in [0.3, 0.4) is 0 Å². The van der Waals surface area contributed by atoms with Crippen LogP contribution < -0.4 is 11.1 Å². The average molecular weight is 186 g/mol. The van der Waals surface area contributed by atoms with Gasteiger partial charge in [0.2, 0.25) is 5.91 Å². The van der Waals surface area contributed by atoms with E-state index in [0.717, 1.165) is 12.8 Å². The van der Waals surface area contributed by atoms with Crippen molar-refractivity contribution in [2.24, 2.45) is 11.7 Å². The summed E-state index contributed by atoms with van der Waals surface area (Å²) in [5.74, 6) is -0.320. The summed E-state index contributed by atoms with van der Waals surface area (Å²) in [4.78, 5) is 10.8. The van der Waals surface area contributed by atoms with E-state index in [1.54, 1.807) is 0 Å². The molecule has 0 saturated heterocycles. The minimum atomic E-state index is -0.234. The predicted molar refractivity (Wildman–Crippen MR) is 55.3 cm³/mol. The highest BCUT2D eigenvalue weighted by atomic mass is 16.1. The first-order valence-electron chi connectivity index (χ1n) is 4.99. The number of carbonyl (C=O) groups is 1. The molecule has 0 rings (SSSR count). The second-order valence-corrected chi connectivity index (χ2v) is 3.95. The van der Waals surface area contributed by atoms with E-state index in [1.807, 2.05) is 6.92 Å². The van der Waals surface area contributed by atoms with Crippen molar-refractivity contribution in [3.05, 3.63) is 0 Å². The highest BCUT2D eigenvalue weighted by Gasteiger charge is 2.20. The van der Waals surface area contributed by atoms with Crippen LogP contribution in [0.5, 0.6) is 0 Å². The largest absolute Gasteiger partial charge is 0.369 e.